The highest BCUT2D eigenvalue weighted by Gasteiger charge is 2.50. The zero-order valence-electron chi connectivity index (χ0n) is 28.7. The number of ether oxygens (including phenoxy) is 1. The standard InChI is InChI=1S/C36H58N8O3/c1-4-13-40-20-39-34(37)31-35(40)44(21-38-31)36-33(46)32(45)29(47-36)19-43(22(2)3)26-16-23(17-26)9-12-30-41-14-6-15-42(30)28-18-25(10-11-27(28)41)24-7-5-8-24/h10-11,18,22-24,26,29-30,32-34,36,38-39,45-46H,4-9,12-17,19-21,37H2,1-3H3/t23?,26?,29-,30?,32-,33-,34?,36-/m1/s1. The van der Waals surface area contributed by atoms with Gasteiger partial charge in [0.15, 0.2) is 6.23 Å². The third-order valence-electron chi connectivity index (χ3n) is 12.5. The maximum Gasteiger partial charge on any atom is 0.162 e. The van der Waals surface area contributed by atoms with E-state index in [1.165, 1.54) is 75.8 Å². The van der Waals surface area contributed by atoms with Crippen LogP contribution in [0.5, 0.6) is 0 Å². The number of aliphatic hydroxyl groups is 2. The minimum Gasteiger partial charge on any atom is -0.387 e. The Bertz CT molecular complexity index is 1320. The molecule has 1 aromatic rings. The first-order valence-electron chi connectivity index (χ1n) is 18.8. The molecule has 47 heavy (non-hydrogen) atoms. The van der Waals surface area contributed by atoms with Crippen molar-refractivity contribution in [3.63, 3.8) is 0 Å². The lowest BCUT2D eigenvalue weighted by Gasteiger charge is -2.47. The molecule has 2 saturated carbocycles. The van der Waals surface area contributed by atoms with Gasteiger partial charge in [0.2, 0.25) is 0 Å². The van der Waals surface area contributed by atoms with Gasteiger partial charge in [0, 0.05) is 38.3 Å². The molecule has 11 nitrogen and oxygen atoms in total. The molecule has 0 radical (unpaired) electrons. The van der Waals surface area contributed by atoms with Crippen LogP contribution in [0.15, 0.2) is 29.7 Å². The van der Waals surface area contributed by atoms with E-state index < -0.39 is 24.5 Å². The van der Waals surface area contributed by atoms with Crippen LogP contribution < -0.4 is 26.2 Å². The molecule has 7 aliphatic rings. The SMILES string of the molecule is CCCN1CNC(N)C2=C1N([C@@H]1O[C@H](CN(C(C)C)C3CC(CCC4N5CCCN4c4cc(C6CCC6)ccc45)C3)[C@@H](O)[C@H]1O)CN2. The average molecular weight is 651 g/mol. The fraction of sp³-hybridized carbons (Fsp3) is 0.778. The van der Waals surface area contributed by atoms with Crippen molar-refractivity contribution < 1.29 is 14.9 Å². The van der Waals surface area contributed by atoms with Gasteiger partial charge in [0.05, 0.1) is 30.4 Å². The highest BCUT2D eigenvalue weighted by atomic mass is 16.6. The van der Waals surface area contributed by atoms with E-state index in [1.807, 2.05) is 0 Å². The van der Waals surface area contributed by atoms with E-state index in [4.69, 9.17) is 10.5 Å². The number of anilines is 2. The van der Waals surface area contributed by atoms with E-state index in [2.05, 4.69) is 74.1 Å². The second-order valence-electron chi connectivity index (χ2n) is 15.6. The fourth-order valence-corrected chi connectivity index (χ4v) is 9.61. The number of aliphatic hydroxyl groups excluding tert-OH is 2. The first-order chi connectivity index (χ1) is 22.8. The Hall–Kier alpha value is -2.28. The van der Waals surface area contributed by atoms with Gasteiger partial charge in [-0.3, -0.25) is 10.2 Å². The van der Waals surface area contributed by atoms with Crippen LogP contribution in [0.3, 0.4) is 0 Å². The normalized spacial score (nSPS) is 35.1. The minimum atomic E-state index is -0.990. The van der Waals surface area contributed by atoms with E-state index in [9.17, 15) is 10.2 Å². The van der Waals surface area contributed by atoms with Crippen LogP contribution in [0.25, 0.3) is 0 Å². The van der Waals surface area contributed by atoms with Crippen molar-refractivity contribution in [2.24, 2.45) is 11.7 Å². The zero-order chi connectivity index (χ0) is 32.4. The van der Waals surface area contributed by atoms with Crippen molar-refractivity contribution >= 4 is 11.4 Å². The molecule has 2 unspecified atom stereocenters. The average Bonchev–Trinajstić information content (AvgIpc) is 3.62. The summed E-state index contributed by atoms with van der Waals surface area (Å²) < 4.78 is 6.54. The number of hydrogen-bond donors (Lipinski definition) is 5. The lowest BCUT2D eigenvalue weighted by molar-refractivity contribution is -0.0948. The van der Waals surface area contributed by atoms with Gasteiger partial charge in [-0.25, -0.2) is 0 Å². The molecule has 0 aromatic heterocycles. The maximum atomic E-state index is 11.3. The monoisotopic (exact) mass is 650 g/mol. The molecular formula is C36H58N8O3. The summed E-state index contributed by atoms with van der Waals surface area (Å²) in [6, 6.07) is 8.18. The molecule has 0 amide bonds. The Morgan fingerprint density at radius 3 is 2.51 bits per heavy atom. The third-order valence-corrected chi connectivity index (χ3v) is 12.5. The lowest BCUT2D eigenvalue weighted by Crippen LogP contribution is -2.54. The van der Waals surface area contributed by atoms with E-state index in [1.54, 1.807) is 5.56 Å². The summed E-state index contributed by atoms with van der Waals surface area (Å²) >= 11 is 0. The number of nitrogens with zero attached hydrogens (tertiary/aromatic N) is 5. The number of benzene rings is 1. The van der Waals surface area contributed by atoms with Crippen molar-refractivity contribution in [2.75, 3.05) is 49.3 Å². The topological polar surface area (TPSA) is 116 Å². The first kappa shape index (κ1) is 32.0. The maximum absolute atomic E-state index is 11.3. The van der Waals surface area contributed by atoms with E-state index in [-0.39, 0.29) is 6.17 Å². The van der Waals surface area contributed by atoms with Crippen molar-refractivity contribution in [3.8, 4) is 0 Å². The van der Waals surface area contributed by atoms with Gasteiger partial charge in [-0.15, -0.1) is 0 Å². The molecule has 2 bridgehead atoms. The van der Waals surface area contributed by atoms with Gasteiger partial charge in [0.25, 0.3) is 0 Å². The molecule has 8 rings (SSSR count). The van der Waals surface area contributed by atoms with E-state index in [0.717, 1.165) is 36.3 Å². The lowest BCUT2D eigenvalue weighted by atomic mass is 9.75. The van der Waals surface area contributed by atoms with Gasteiger partial charge in [0.1, 0.15) is 36.5 Å². The Kier molecular flexibility index (Phi) is 8.75. The van der Waals surface area contributed by atoms with Gasteiger partial charge in [-0.05, 0) is 94.7 Å². The quantitative estimate of drug-likeness (QED) is 0.244. The molecule has 2 saturated heterocycles. The zero-order valence-corrected chi connectivity index (χ0v) is 28.7. The van der Waals surface area contributed by atoms with Gasteiger partial charge >= 0.3 is 0 Å². The van der Waals surface area contributed by atoms with Crippen LogP contribution in [0.1, 0.15) is 90.0 Å². The number of nitrogens with two attached hydrogens (primary N) is 1. The van der Waals surface area contributed by atoms with Crippen LogP contribution >= 0.6 is 0 Å². The smallest absolute Gasteiger partial charge is 0.162 e. The molecule has 2 aliphatic carbocycles. The molecule has 6 N–H and O–H groups in total. The number of hydrogen-bond acceptors (Lipinski definition) is 11. The molecule has 0 spiro atoms. The van der Waals surface area contributed by atoms with Crippen molar-refractivity contribution in [3.05, 3.63) is 35.3 Å². The Morgan fingerprint density at radius 2 is 1.79 bits per heavy atom. The summed E-state index contributed by atoms with van der Waals surface area (Å²) in [5.74, 6) is 2.50. The summed E-state index contributed by atoms with van der Waals surface area (Å²) in [5.41, 5.74) is 11.8. The van der Waals surface area contributed by atoms with Gasteiger partial charge in [-0.2, -0.15) is 0 Å². The second kappa shape index (κ2) is 12.9. The Morgan fingerprint density at radius 1 is 1.00 bits per heavy atom. The molecule has 5 aliphatic heterocycles. The van der Waals surface area contributed by atoms with Gasteiger partial charge < -0.3 is 45.6 Å². The van der Waals surface area contributed by atoms with Crippen LogP contribution in [0, 0.1) is 5.92 Å². The molecule has 6 atom stereocenters. The number of nitrogens with one attached hydrogen (secondary N) is 2. The van der Waals surface area contributed by atoms with E-state index >= 15 is 0 Å². The molecular weight excluding hydrogens is 592 g/mol. The first-order valence-corrected chi connectivity index (χ1v) is 18.8. The molecule has 11 heteroatoms. The molecule has 260 valence electrons. The van der Waals surface area contributed by atoms with Crippen LogP contribution in [-0.4, -0.2) is 113 Å². The van der Waals surface area contributed by atoms with Crippen molar-refractivity contribution in [2.45, 2.75) is 133 Å². The fourth-order valence-electron chi connectivity index (χ4n) is 9.61. The summed E-state index contributed by atoms with van der Waals surface area (Å²) in [6.07, 6.45) is 8.45. The molecule has 1 aromatic carbocycles. The van der Waals surface area contributed by atoms with Crippen molar-refractivity contribution in [1.29, 1.82) is 0 Å². The van der Waals surface area contributed by atoms with Crippen molar-refractivity contribution in [1.82, 2.24) is 25.3 Å². The van der Waals surface area contributed by atoms with E-state index in [0.29, 0.717) is 38.1 Å². The third kappa shape index (κ3) is 5.59. The highest BCUT2D eigenvalue weighted by molar-refractivity contribution is 5.79. The Labute approximate surface area is 281 Å². The summed E-state index contributed by atoms with van der Waals surface area (Å²) in [7, 11) is 0. The highest BCUT2D eigenvalue weighted by Crippen LogP contribution is 2.48. The summed E-state index contributed by atoms with van der Waals surface area (Å²) in [4.78, 5) is 12.2. The number of rotatable bonds is 11. The number of fused-ring (bicyclic) bond motifs is 5. The van der Waals surface area contributed by atoms with Crippen LogP contribution in [-0.2, 0) is 4.74 Å². The second-order valence-corrected chi connectivity index (χ2v) is 15.6. The van der Waals surface area contributed by atoms with Crippen LogP contribution in [0.4, 0.5) is 11.4 Å². The van der Waals surface area contributed by atoms with Gasteiger partial charge in [-0.1, -0.05) is 19.4 Å². The van der Waals surface area contributed by atoms with Crippen LogP contribution in [0.2, 0.25) is 0 Å². The minimum absolute atomic E-state index is 0.284. The largest absolute Gasteiger partial charge is 0.387 e. The molecule has 5 heterocycles. The molecule has 4 fully saturated rings. The summed E-state index contributed by atoms with van der Waals surface area (Å²) in [6.45, 7) is 11.7. The predicted octanol–water partition coefficient (Wildman–Crippen LogP) is 2.62. The Balaban J connectivity index is 0.869. The predicted molar refractivity (Wildman–Crippen MR) is 184 cm³/mol. The summed E-state index contributed by atoms with van der Waals surface area (Å²) in [5, 5.41) is 29.3.